The van der Waals surface area contributed by atoms with E-state index < -0.39 is 5.97 Å². The molecule has 0 spiro atoms. The van der Waals surface area contributed by atoms with Gasteiger partial charge in [0.1, 0.15) is 0 Å². The molecule has 1 fully saturated rings. The number of ether oxygens (including phenoxy) is 1. The van der Waals surface area contributed by atoms with Crippen LogP contribution in [0.15, 0.2) is 54.6 Å². The number of hydrogen-bond acceptors (Lipinski definition) is 5. The summed E-state index contributed by atoms with van der Waals surface area (Å²) in [6.45, 7) is 6.00. The molecule has 6 heteroatoms. The summed E-state index contributed by atoms with van der Waals surface area (Å²) in [7, 11) is 0. The van der Waals surface area contributed by atoms with Crippen LogP contribution >= 0.6 is 0 Å². The van der Waals surface area contributed by atoms with Crippen molar-refractivity contribution in [3.05, 3.63) is 77.0 Å². The van der Waals surface area contributed by atoms with Gasteiger partial charge in [0.2, 0.25) is 0 Å². The number of esters is 1. The molecule has 2 aliphatic heterocycles. The zero-order valence-corrected chi connectivity index (χ0v) is 21.1. The first-order valence-electron chi connectivity index (χ1n) is 13.2. The second-order valence-corrected chi connectivity index (χ2v) is 10.0. The van der Waals surface area contributed by atoms with Crippen LogP contribution in [0, 0.1) is 5.92 Å². The number of carbonyl (C=O) groups is 2. The minimum atomic E-state index is -0.421. The van der Waals surface area contributed by atoms with Crippen molar-refractivity contribution in [3.8, 4) is 0 Å². The molecule has 36 heavy (non-hydrogen) atoms. The molecule has 0 saturated carbocycles. The van der Waals surface area contributed by atoms with Gasteiger partial charge in [-0.15, -0.1) is 0 Å². The van der Waals surface area contributed by atoms with Gasteiger partial charge in [-0.05, 0) is 49.8 Å². The number of para-hydroxylation sites is 1. The lowest BCUT2D eigenvalue weighted by Gasteiger charge is -2.32. The summed E-state index contributed by atoms with van der Waals surface area (Å²) >= 11 is 0. The van der Waals surface area contributed by atoms with E-state index in [2.05, 4.69) is 36.1 Å². The van der Waals surface area contributed by atoms with Crippen molar-refractivity contribution in [3.63, 3.8) is 0 Å². The first-order valence-corrected chi connectivity index (χ1v) is 13.2. The monoisotopic (exact) mass is 485 g/mol. The Balaban J connectivity index is 1.24. The summed E-state index contributed by atoms with van der Waals surface area (Å²) in [6.07, 6.45) is 4.88. The van der Waals surface area contributed by atoms with Crippen molar-refractivity contribution in [2.45, 2.75) is 45.6 Å². The van der Waals surface area contributed by atoms with E-state index in [0.29, 0.717) is 31.1 Å². The normalized spacial score (nSPS) is 16.6. The van der Waals surface area contributed by atoms with Crippen LogP contribution in [0.4, 0.5) is 0 Å². The van der Waals surface area contributed by atoms with E-state index in [0.717, 1.165) is 67.4 Å². The summed E-state index contributed by atoms with van der Waals surface area (Å²) in [5.41, 5.74) is 4.65. The number of hydrogen-bond donors (Lipinski definition) is 0. The molecular formula is C30H35N3O3. The number of rotatable bonds is 7. The third-order valence-electron chi connectivity index (χ3n) is 7.53. The maximum Gasteiger partial charge on any atom is 0.339 e. The van der Waals surface area contributed by atoms with Crippen molar-refractivity contribution in [2.75, 3.05) is 32.8 Å². The molecule has 1 amide bonds. The average molecular weight is 486 g/mol. The fraction of sp³-hybridized carbons (Fsp3) is 0.433. The molecule has 0 radical (unpaired) electrons. The number of pyridine rings is 1. The first-order chi connectivity index (χ1) is 17.6. The van der Waals surface area contributed by atoms with Crippen LogP contribution < -0.4 is 0 Å². The van der Waals surface area contributed by atoms with E-state index in [1.807, 2.05) is 35.2 Å². The zero-order chi connectivity index (χ0) is 24.9. The highest BCUT2D eigenvalue weighted by molar-refractivity contribution is 6.05. The van der Waals surface area contributed by atoms with Gasteiger partial charge in [0, 0.05) is 49.2 Å². The lowest BCUT2D eigenvalue weighted by molar-refractivity contribution is -0.135. The van der Waals surface area contributed by atoms with Crippen LogP contribution in [-0.2, 0) is 28.9 Å². The number of benzene rings is 2. The fourth-order valence-electron chi connectivity index (χ4n) is 5.61. The Bertz CT molecular complexity index is 1220. The Morgan fingerprint density at radius 2 is 1.75 bits per heavy atom. The molecule has 3 heterocycles. The summed E-state index contributed by atoms with van der Waals surface area (Å²) in [6, 6.07) is 18.3. The standard InChI is InChI=1S/C30H35N3O3/c1-2-15-32-16-14-27-25(20-32)29(24-10-6-7-11-26(24)31-27)30(35)36-21-28(34)33-17-12-23(13-18-33)19-22-8-4-3-5-9-22/h3-11,23H,2,12-21H2,1H3. The maximum absolute atomic E-state index is 13.4. The largest absolute Gasteiger partial charge is 0.452 e. The van der Waals surface area contributed by atoms with Gasteiger partial charge >= 0.3 is 5.97 Å². The van der Waals surface area contributed by atoms with E-state index >= 15 is 0 Å². The van der Waals surface area contributed by atoms with Gasteiger partial charge in [-0.2, -0.15) is 0 Å². The van der Waals surface area contributed by atoms with Gasteiger partial charge in [-0.25, -0.2) is 4.79 Å². The molecule has 0 bridgehead atoms. The molecule has 2 aromatic carbocycles. The predicted molar refractivity (Wildman–Crippen MR) is 141 cm³/mol. The smallest absolute Gasteiger partial charge is 0.339 e. The number of likely N-dealkylation sites (tertiary alicyclic amines) is 1. The van der Waals surface area contributed by atoms with E-state index in [4.69, 9.17) is 9.72 Å². The Morgan fingerprint density at radius 3 is 2.53 bits per heavy atom. The van der Waals surface area contributed by atoms with Crippen molar-refractivity contribution >= 4 is 22.8 Å². The lowest BCUT2D eigenvalue weighted by atomic mass is 9.90. The molecule has 188 valence electrons. The zero-order valence-electron chi connectivity index (χ0n) is 21.1. The second kappa shape index (κ2) is 11.2. The number of piperidine rings is 1. The lowest BCUT2D eigenvalue weighted by Crippen LogP contribution is -2.41. The van der Waals surface area contributed by atoms with Crippen LogP contribution in [0.3, 0.4) is 0 Å². The highest BCUT2D eigenvalue weighted by Gasteiger charge is 2.28. The summed E-state index contributed by atoms with van der Waals surface area (Å²) in [5, 5.41) is 0.800. The SMILES string of the molecule is CCCN1CCc2nc3ccccc3c(C(=O)OCC(=O)N3CCC(Cc4ccccc4)CC3)c2C1. The van der Waals surface area contributed by atoms with Gasteiger partial charge in [0.25, 0.3) is 5.91 Å². The average Bonchev–Trinajstić information content (AvgIpc) is 2.91. The molecule has 0 aliphatic carbocycles. The highest BCUT2D eigenvalue weighted by atomic mass is 16.5. The second-order valence-electron chi connectivity index (χ2n) is 10.0. The topological polar surface area (TPSA) is 62.7 Å². The first kappa shape index (κ1) is 24.4. The highest BCUT2D eigenvalue weighted by Crippen LogP contribution is 2.29. The van der Waals surface area contributed by atoms with Crippen LogP contribution in [0.2, 0.25) is 0 Å². The summed E-state index contributed by atoms with van der Waals surface area (Å²) in [5.74, 6) is 0.0524. The molecule has 1 saturated heterocycles. The number of fused-ring (bicyclic) bond motifs is 2. The van der Waals surface area contributed by atoms with Gasteiger partial charge < -0.3 is 9.64 Å². The van der Waals surface area contributed by atoms with E-state index in [9.17, 15) is 9.59 Å². The molecule has 5 rings (SSSR count). The molecule has 1 aromatic heterocycles. The molecule has 0 unspecified atom stereocenters. The van der Waals surface area contributed by atoms with Gasteiger partial charge in [0.05, 0.1) is 11.1 Å². The fourth-order valence-corrected chi connectivity index (χ4v) is 5.61. The Hall–Kier alpha value is -3.25. The van der Waals surface area contributed by atoms with Crippen molar-refractivity contribution in [2.24, 2.45) is 5.92 Å². The van der Waals surface area contributed by atoms with Crippen LogP contribution in [-0.4, -0.2) is 59.4 Å². The van der Waals surface area contributed by atoms with E-state index in [-0.39, 0.29) is 12.5 Å². The minimum absolute atomic E-state index is 0.110. The van der Waals surface area contributed by atoms with Gasteiger partial charge in [0.15, 0.2) is 6.61 Å². The number of amides is 1. The number of aromatic nitrogens is 1. The van der Waals surface area contributed by atoms with Gasteiger partial charge in [-0.3, -0.25) is 14.7 Å². The van der Waals surface area contributed by atoms with Crippen LogP contribution in [0.1, 0.15) is 53.4 Å². The van der Waals surface area contributed by atoms with Crippen LogP contribution in [0.25, 0.3) is 10.9 Å². The minimum Gasteiger partial charge on any atom is -0.452 e. The van der Waals surface area contributed by atoms with Gasteiger partial charge in [-0.1, -0.05) is 55.5 Å². The molecule has 3 aromatic rings. The summed E-state index contributed by atoms with van der Waals surface area (Å²) < 4.78 is 5.66. The quantitative estimate of drug-likeness (QED) is 0.456. The van der Waals surface area contributed by atoms with E-state index in [1.54, 1.807) is 0 Å². The Kier molecular flexibility index (Phi) is 7.61. The molecule has 6 nitrogen and oxygen atoms in total. The maximum atomic E-state index is 13.4. The predicted octanol–water partition coefficient (Wildman–Crippen LogP) is 4.64. The van der Waals surface area contributed by atoms with Crippen LogP contribution in [0.5, 0.6) is 0 Å². The third kappa shape index (κ3) is 5.44. The Morgan fingerprint density at radius 1 is 1.00 bits per heavy atom. The molecule has 2 aliphatic rings. The number of nitrogens with zero attached hydrogens (tertiary/aromatic N) is 3. The molecule has 0 N–H and O–H groups in total. The van der Waals surface area contributed by atoms with Crippen molar-refractivity contribution in [1.82, 2.24) is 14.8 Å². The molecular weight excluding hydrogens is 450 g/mol. The number of carbonyl (C=O) groups excluding carboxylic acids is 2. The van der Waals surface area contributed by atoms with Crippen molar-refractivity contribution < 1.29 is 14.3 Å². The summed E-state index contributed by atoms with van der Waals surface area (Å²) in [4.78, 5) is 35.4. The van der Waals surface area contributed by atoms with E-state index in [1.165, 1.54) is 5.56 Å². The Labute approximate surface area is 213 Å². The van der Waals surface area contributed by atoms with Crippen molar-refractivity contribution in [1.29, 1.82) is 0 Å². The third-order valence-corrected chi connectivity index (χ3v) is 7.53. The molecule has 0 atom stereocenters.